The number of rotatable bonds is 7. The fourth-order valence-corrected chi connectivity index (χ4v) is 1.74. The van der Waals surface area contributed by atoms with Gasteiger partial charge < -0.3 is 15.8 Å². The van der Waals surface area contributed by atoms with Crippen molar-refractivity contribution in [3.8, 4) is 0 Å². The van der Waals surface area contributed by atoms with E-state index in [1.165, 1.54) is 0 Å². The van der Waals surface area contributed by atoms with E-state index in [1.807, 2.05) is 19.1 Å². The van der Waals surface area contributed by atoms with Gasteiger partial charge >= 0.3 is 0 Å². The molecule has 20 heavy (non-hydrogen) atoms. The molecule has 2 atom stereocenters. The molecular formula is C13H23Cl2N3O2. The second-order valence-electron chi connectivity index (χ2n) is 4.11. The van der Waals surface area contributed by atoms with Crippen molar-refractivity contribution in [1.29, 1.82) is 0 Å². The van der Waals surface area contributed by atoms with Gasteiger partial charge in [-0.1, -0.05) is 6.92 Å². The van der Waals surface area contributed by atoms with Crippen molar-refractivity contribution in [2.45, 2.75) is 31.9 Å². The van der Waals surface area contributed by atoms with Crippen LogP contribution in [0.1, 0.15) is 31.4 Å². The number of methoxy groups -OCH3 is 1. The molecule has 1 amide bonds. The molecule has 0 aliphatic heterocycles. The minimum atomic E-state index is -0.222. The summed E-state index contributed by atoms with van der Waals surface area (Å²) in [6, 6.07) is 3.83. The number of nitrogens with one attached hydrogen (secondary N) is 1. The Bertz CT molecular complexity index is 362. The smallest absolute Gasteiger partial charge is 0.223 e. The number of carbonyl (C=O) groups excluding carboxylic acids is 1. The monoisotopic (exact) mass is 323 g/mol. The van der Waals surface area contributed by atoms with Gasteiger partial charge in [0.2, 0.25) is 5.91 Å². The van der Waals surface area contributed by atoms with Crippen LogP contribution < -0.4 is 11.1 Å². The van der Waals surface area contributed by atoms with Crippen LogP contribution in [-0.2, 0) is 9.53 Å². The first kappa shape index (κ1) is 21.4. The maximum Gasteiger partial charge on any atom is 0.223 e. The van der Waals surface area contributed by atoms with Gasteiger partial charge in [0, 0.05) is 26.0 Å². The third-order valence-corrected chi connectivity index (χ3v) is 2.86. The van der Waals surface area contributed by atoms with E-state index >= 15 is 0 Å². The molecular weight excluding hydrogens is 301 g/mol. The Kier molecular flexibility index (Phi) is 12.8. The maximum atomic E-state index is 11.9. The fraction of sp³-hybridized carbons (Fsp3) is 0.538. The molecule has 1 aromatic heterocycles. The molecule has 2 unspecified atom stereocenters. The van der Waals surface area contributed by atoms with E-state index in [9.17, 15) is 4.79 Å². The minimum Gasteiger partial charge on any atom is -0.380 e. The van der Waals surface area contributed by atoms with E-state index in [1.54, 1.807) is 19.5 Å². The number of hydrogen-bond acceptors (Lipinski definition) is 4. The zero-order valence-corrected chi connectivity index (χ0v) is 13.4. The second-order valence-corrected chi connectivity index (χ2v) is 4.11. The molecule has 5 nitrogen and oxygen atoms in total. The summed E-state index contributed by atoms with van der Waals surface area (Å²) in [5, 5.41) is 2.98. The zero-order valence-electron chi connectivity index (χ0n) is 11.7. The molecule has 1 heterocycles. The van der Waals surface area contributed by atoms with Gasteiger partial charge in [-0.05, 0) is 24.1 Å². The van der Waals surface area contributed by atoms with Crippen molar-refractivity contribution < 1.29 is 9.53 Å². The number of nitrogens with zero attached hydrogens (tertiary/aromatic N) is 1. The summed E-state index contributed by atoms with van der Waals surface area (Å²) in [6.45, 7) is 2.37. The summed E-state index contributed by atoms with van der Waals surface area (Å²) in [5.74, 6) is -0.0454. The first-order chi connectivity index (χ1) is 8.71. The van der Waals surface area contributed by atoms with Crippen molar-refractivity contribution in [2.75, 3.05) is 13.7 Å². The van der Waals surface area contributed by atoms with Crippen molar-refractivity contribution in [2.24, 2.45) is 5.73 Å². The highest BCUT2D eigenvalue weighted by molar-refractivity contribution is 5.85. The Morgan fingerprint density at radius 3 is 2.45 bits per heavy atom. The minimum absolute atomic E-state index is 0. The Balaban J connectivity index is 0. The number of pyridine rings is 1. The van der Waals surface area contributed by atoms with Crippen molar-refractivity contribution in [1.82, 2.24) is 10.3 Å². The van der Waals surface area contributed by atoms with Gasteiger partial charge in [-0.3, -0.25) is 9.78 Å². The Morgan fingerprint density at radius 1 is 1.40 bits per heavy atom. The Labute approximate surface area is 132 Å². The first-order valence-corrected chi connectivity index (χ1v) is 6.13. The highest BCUT2D eigenvalue weighted by Gasteiger charge is 2.16. The Hall–Kier alpha value is -0.880. The van der Waals surface area contributed by atoms with Crippen LogP contribution in [0.25, 0.3) is 0 Å². The summed E-state index contributed by atoms with van der Waals surface area (Å²) in [6.07, 6.45) is 4.34. The third kappa shape index (κ3) is 7.05. The fourth-order valence-electron chi connectivity index (χ4n) is 1.74. The lowest BCUT2D eigenvalue weighted by molar-refractivity contribution is -0.124. The number of aromatic nitrogens is 1. The number of ether oxygens (including phenoxy) is 1. The predicted molar refractivity (Wildman–Crippen MR) is 84.4 cm³/mol. The number of hydrogen-bond donors (Lipinski definition) is 2. The number of halogens is 2. The van der Waals surface area contributed by atoms with E-state index in [0.717, 1.165) is 12.0 Å². The molecule has 0 aliphatic carbocycles. The molecule has 116 valence electrons. The number of carbonyl (C=O) groups is 1. The van der Waals surface area contributed by atoms with Crippen LogP contribution in [0.15, 0.2) is 24.5 Å². The zero-order chi connectivity index (χ0) is 13.4. The molecule has 3 N–H and O–H groups in total. The van der Waals surface area contributed by atoms with Gasteiger partial charge in [-0.25, -0.2) is 0 Å². The highest BCUT2D eigenvalue weighted by atomic mass is 35.5. The summed E-state index contributed by atoms with van der Waals surface area (Å²) < 4.78 is 5.10. The topological polar surface area (TPSA) is 77.2 Å². The van der Waals surface area contributed by atoms with Gasteiger partial charge in [0.1, 0.15) is 0 Å². The summed E-state index contributed by atoms with van der Waals surface area (Å²) in [4.78, 5) is 15.8. The van der Waals surface area contributed by atoms with Gasteiger partial charge in [0.25, 0.3) is 0 Å². The lowest BCUT2D eigenvalue weighted by Crippen LogP contribution is -2.34. The highest BCUT2D eigenvalue weighted by Crippen LogP contribution is 2.15. The number of nitrogens with two attached hydrogens (primary N) is 1. The SMILES string of the molecule is CCC(NC(=O)CC(CN)OC)c1ccncc1.Cl.Cl. The lowest BCUT2D eigenvalue weighted by atomic mass is 10.1. The van der Waals surface area contributed by atoms with Crippen LogP contribution in [0.5, 0.6) is 0 Å². The molecule has 0 aliphatic rings. The van der Waals surface area contributed by atoms with Crippen LogP contribution >= 0.6 is 24.8 Å². The van der Waals surface area contributed by atoms with Gasteiger partial charge in [0.15, 0.2) is 0 Å². The van der Waals surface area contributed by atoms with E-state index in [0.29, 0.717) is 6.54 Å². The van der Waals surface area contributed by atoms with Crippen LogP contribution in [0.4, 0.5) is 0 Å². The molecule has 0 aromatic carbocycles. The Morgan fingerprint density at radius 2 is 2.00 bits per heavy atom. The summed E-state index contributed by atoms with van der Waals surface area (Å²) in [5.41, 5.74) is 6.55. The first-order valence-electron chi connectivity index (χ1n) is 6.13. The molecule has 0 radical (unpaired) electrons. The average Bonchev–Trinajstić information content (AvgIpc) is 2.43. The lowest BCUT2D eigenvalue weighted by Gasteiger charge is -2.19. The molecule has 1 aromatic rings. The molecule has 0 spiro atoms. The van der Waals surface area contributed by atoms with E-state index in [2.05, 4.69) is 10.3 Å². The standard InChI is InChI=1S/C13H21N3O2.2ClH/c1-3-12(10-4-6-15-7-5-10)16-13(17)8-11(9-14)18-2;;/h4-7,11-12H,3,8-9,14H2,1-2H3,(H,16,17);2*1H. The second kappa shape index (κ2) is 11.9. The van der Waals surface area contributed by atoms with Crippen molar-refractivity contribution in [3.63, 3.8) is 0 Å². The van der Waals surface area contributed by atoms with Crippen LogP contribution in [0.2, 0.25) is 0 Å². The normalized spacial score (nSPS) is 12.6. The summed E-state index contributed by atoms with van der Waals surface area (Å²) in [7, 11) is 1.56. The molecule has 0 saturated carbocycles. The number of amides is 1. The quantitative estimate of drug-likeness (QED) is 0.802. The third-order valence-electron chi connectivity index (χ3n) is 2.86. The molecule has 0 fully saturated rings. The van der Waals surface area contributed by atoms with Gasteiger partial charge in [0.05, 0.1) is 18.6 Å². The predicted octanol–water partition coefficient (Wildman–Crippen LogP) is 1.86. The maximum absolute atomic E-state index is 11.9. The van der Waals surface area contributed by atoms with Gasteiger partial charge in [-0.2, -0.15) is 0 Å². The van der Waals surface area contributed by atoms with E-state index < -0.39 is 0 Å². The largest absolute Gasteiger partial charge is 0.380 e. The van der Waals surface area contributed by atoms with Crippen molar-refractivity contribution in [3.05, 3.63) is 30.1 Å². The van der Waals surface area contributed by atoms with Crippen LogP contribution in [0, 0.1) is 0 Å². The average molecular weight is 324 g/mol. The van der Waals surface area contributed by atoms with Crippen LogP contribution in [0.3, 0.4) is 0 Å². The molecule has 1 rings (SSSR count). The van der Waals surface area contributed by atoms with Gasteiger partial charge in [-0.15, -0.1) is 24.8 Å². The van der Waals surface area contributed by atoms with E-state index in [4.69, 9.17) is 10.5 Å². The molecule has 0 saturated heterocycles. The molecule has 7 heteroatoms. The summed E-state index contributed by atoms with van der Waals surface area (Å²) >= 11 is 0. The van der Waals surface area contributed by atoms with E-state index in [-0.39, 0.29) is 49.3 Å². The van der Waals surface area contributed by atoms with Crippen LogP contribution in [-0.4, -0.2) is 30.6 Å². The van der Waals surface area contributed by atoms with Crippen molar-refractivity contribution >= 4 is 30.7 Å². The molecule has 0 bridgehead atoms.